The molecule has 4 aromatic rings. The quantitative estimate of drug-likeness (QED) is 0.483. The van der Waals surface area contributed by atoms with Crippen LogP contribution in [0.4, 0.5) is 4.39 Å². The van der Waals surface area contributed by atoms with Gasteiger partial charge < -0.3 is 5.32 Å². The number of hydrogen-bond donors (Lipinski definition) is 2. The second-order valence-electron chi connectivity index (χ2n) is 6.71. The van der Waals surface area contributed by atoms with Crippen molar-refractivity contribution in [2.24, 2.45) is 0 Å². The Hall–Kier alpha value is -3.10. The summed E-state index contributed by atoms with van der Waals surface area (Å²) in [5, 5.41) is 13.1. The highest BCUT2D eigenvalue weighted by atomic mass is 35.5. The maximum atomic E-state index is 13.4. The van der Waals surface area contributed by atoms with Gasteiger partial charge in [0.25, 0.3) is 5.56 Å². The van der Waals surface area contributed by atoms with Gasteiger partial charge in [-0.05, 0) is 31.2 Å². The van der Waals surface area contributed by atoms with Crippen LogP contribution in [0.2, 0.25) is 5.02 Å². The van der Waals surface area contributed by atoms with E-state index in [1.54, 1.807) is 30.3 Å². The van der Waals surface area contributed by atoms with Gasteiger partial charge in [-0.15, -0.1) is 11.3 Å². The minimum Gasteiger partial charge on any atom is -0.347 e. The van der Waals surface area contributed by atoms with Crippen LogP contribution in [-0.2, 0) is 11.2 Å². The molecule has 4 rings (SSSR count). The first-order valence-corrected chi connectivity index (χ1v) is 10.3. The van der Waals surface area contributed by atoms with Gasteiger partial charge >= 0.3 is 0 Å². The van der Waals surface area contributed by atoms with Gasteiger partial charge in [0.15, 0.2) is 0 Å². The Morgan fingerprint density at radius 2 is 2.03 bits per heavy atom. The third-order valence-electron chi connectivity index (χ3n) is 4.59. The molecule has 0 aliphatic carbocycles. The fraction of sp³-hybridized carbons (Fsp3) is 0.143. The Kier molecular flexibility index (Phi) is 5.61. The molecule has 2 heterocycles. The first-order valence-electron chi connectivity index (χ1n) is 9.09. The first kappa shape index (κ1) is 20.2. The monoisotopic (exact) mass is 442 g/mol. The number of fused-ring (bicyclic) bond motifs is 1. The lowest BCUT2D eigenvalue weighted by Gasteiger charge is -2.11. The Balaban J connectivity index is 1.48. The number of hydrogen-bond acceptors (Lipinski definition) is 5. The molecule has 30 heavy (non-hydrogen) atoms. The number of carbonyl (C=O) groups excluding carboxylic acids is 1. The molecular formula is C21H16ClFN4O2S. The van der Waals surface area contributed by atoms with E-state index in [-0.39, 0.29) is 29.0 Å². The van der Waals surface area contributed by atoms with Gasteiger partial charge in [0.1, 0.15) is 10.8 Å². The number of amides is 1. The van der Waals surface area contributed by atoms with Crippen LogP contribution >= 0.6 is 22.9 Å². The highest BCUT2D eigenvalue weighted by Crippen LogP contribution is 2.28. The Labute approximate surface area is 179 Å². The standard InChI is InChI=1S/C21H16ClFN4O2S/c1-11(21-25-18(10-30-21)12-6-7-16(23)15(22)8-12)24-19(28)9-17-13-4-2-3-5-14(13)20(29)27-26-17/h2-8,10-11H,9H2,1H3,(H,24,28)(H,27,29). The minimum absolute atomic E-state index is 0.0213. The molecule has 152 valence electrons. The van der Waals surface area contributed by atoms with Gasteiger partial charge in [0, 0.05) is 16.3 Å². The molecule has 0 saturated heterocycles. The van der Waals surface area contributed by atoms with Crippen LogP contribution in [0, 0.1) is 5.82 Å². The van der Waals surface area contributed by atoms with Crippen LogP contribution in [-0.4, -0.2) is 21.1 Å². The molecule has 1 atom stereocenters. The third kappa shape index (κ3) is 4.10. The largest absolute Gasteiger partial charge is 0.347 e. The lowest BCUT2D eigenvalue weighted by atomic mass is 10.1. The highest BCUT2D eigenvalue weighted by molar-refractivity contribution is 7.10. The second kappa shape index (κ2) is 8.33. The number of halogens is 2. The van der Waals surface area contributed by atoms with E-state index in [4.69, 9.17) is 11.6 Å². The van der Waals surface area contributed by atoms with Gasteiger partial charge in [0.05, 0.1) is 34.3 Å². The lowest BCUT2D eigenvalue weighted by Crippen LogP contribution is -2.29. The van der Waals surface area contributed by atoms with E-state index in [2.05, 4.69) is 20.5 Å². The summed E-state index contributed by atoms with van der Waals surface area (Å²) in [4.78, 5) is 29.0. The van der Waals surface area contributed by atoms with Crippen LogP contribution < -0.4 is 10.9 Å². The SMILES string of the molecule is CC(NC(=O)Cc1n[nH]c(=O)c2ccccc12)c1nc(-c2ccc(F)c(Cl)c2)cs1. The molecule has 1 amide bonds. The first-order chi connectivity index (χ1) is 14.4. The van der Waals surface area contributed by atoms with Crippen molar-refractivity contribution in [3.8, 4) is 11.3 Å². The summed E-state index contributed by atoms with van der Waals surface area (Å²) in [7, 11) is 0. The maximum Gasteiger partial charge on any atom is 0.272 e. The predicted octanol–water partition coefficient (Wildman–Crippen LogP) is 4.26. The van der Waals surface area contributed by atoms with Gasteiger partial charge in [-0.2, -0.15) is 5.10 Å². The van der Waals surface area contributed by atoms with Crippen molar-refractivity contribution in [3.63, 3.8) is 0 Å². The Morgan fingerprint density at radius 1 is 1.27 bits per heavy atom. The number of H-pyrrole nitrogens is 1. The molecule has 1 unspecified atom stereocenters. The predicted molar refractivity (Wildman–Crippen MR) is 115 cm³/mol. The van der Waals surface area contributed by atoms with E-state index < -0.39 is 5.82 Å². The summed E-state index contributed by atoms with van der Waals surface area (Å²) in [5.41, 5.74) is 1.56. The molecule has 2 aromatic carbocycles. The van der Waals surface area contributed by atoms with Gasteiger partial charge in [0.2, 0.25) is 5.91 Å². The number of aromatic nitrogens is 3. The number of nitrogens with one attached hydrogen (secondary N) is 2. The molecule has 0 aliphatic heterocycles. The van der Waals surface area contributed by atoms with Gasteiger partial charge in [-0.3, -0.25) is 9.59 Å². The fourth-order valence-corrected chi connectivity index (χ4v) is 4.10. The Morgan fingerprint density at radius 3 is 2.80 bits per heavy atom. The molecule has 0 saturated carbocycles. The van der Waals surface area contributed by atoms with Crippen molar-refractivity contribution < 1.29 is 9.18 Å². The summed E-state index contributed by atoms with van der Waals surface area (Å²) in [5.74, 6) is -0.728. The average molecular weight is 443 g/mol. The molecule has 0 fully saturated rings. The van der Waals surface area contributed by atoms with Crippen LogP contribution in [0.25, 0.3) is 22.0 Å². The molecule has 6 nitrogen and oxygen atoms in total. The summed E-state index contributed by atoms with van der Waals surface area (Å²) in [6.45, 7) is 1.83. The van der Waals surface area contributed by atoms with Crippen molar-refractivity contribution in [1.29, 1.82) is 0 Å². The zero-order chi connectivity index (χ0) is 21.3. The summed E-state index contributed by atoms with van der Waals surface area (Å²) in [6.07, 6.45) is 0.0213. The third-order valence-corrected chi connectivity index (χ3v) is 5.91. The number of thiazole rings is 1. The van der Waals surface area contributed by atoms with E-state index in [1.807, 2.05) is 12.3 Å². The molecule has 9 heteroatoms. The number of nitrogens with zero attached hydrogens (tertiary/aromatic N) is 2. The number of carbonyl (C=O) groups is 1. The topological polar surface area (TPSA) is 87.7 Å². The van der Waals surface area contributed by atoms with Crippen LogP contribution in [0.3, 0.4) is 0 Å². The number of rotatable bonds is 5. The molecule has 2 N–H and O–H groups in total. The van der Waals surface area contributed by atoms with Crippen molar-refractivity contribution in [1.82, 2.24) is 20.5 Å². The molecule has 0 aliphatic rings. The number of aromatic amines is 1. The normalized spacial score (nSPS) is 12.1. The maximum absolute atomic E-state index is 13.4. The summed E-state index contributed by atoms with van der Waals surface area (Å²) < 4.78 is 13.4. The second-order valence-corrected chi connectivity index (χ2v) is 8.01. The molecule has 0 radical (unpaired) electrons. The molecule has 0 bridgehead atoms. The van der Waals surface area contributed by atoms with E-state index in [1.165, 1.54) is 23.5 Å². The van der Waals surface area contributed by atoms with Crippen molar-refractivity contribution >= 4 is 39.6 Å². The van der Waals surface area contributed by atoms with Crippen LogP contribution in [0.1, 0.15) is 23.7 Å². The van der Waals surface area contributed by atoms with E-state index in [0.29, 0.717) is 32.7 Å². The van der Waals surface area contributed by atoms with Crippen molar-refractivity contribution in [2.45, 2.75) is 19.4 Å². The van der Waals surface area contributed by atoms with Gasteiger partial charge in [-0.25, -0.2) is 14.5 Å². The van der Waals surface area contributed by atoms with E-state index in [0.717, 1.165) is 0 Å². The zero-order valence-electron chi connectivity index (χ0n) is 15.8. The lowest BCUT2D eigenvalue weighted by molar-refractivity contribution is -0.121. The summed E-state index contributed by atoms with van der Waals surface area (Å²) >= 11 is 7.24. The summed E-state index contributed by atoms with van der Waals surface area (Å²) in [6, 6.07) is 11.1. The zero-order valence-corrected chi connectivity index (χ0v) is 17.4. The van der Waals surface area contributed by atoms with Gasteiger partial charge in [-0.1, -0.05) is 29.8 Å². The van der Waals surface area contributed by atoms with Crippen LogP contribution in [0.15, 0.2) is 52.6 Å². The minimum atomic E-state index is -0.486. The molecule has 0 spiro atoms. The van der Waals surface area contributed by atoms with Crippen molar-refractivity contribution in [2.75, 3.05) is 0 Å². The average Bonchev–Trinajstić information content (AvgIpc) is 3.23. The van der Waals surface area contributed by atoms with Crippen molar-refractivity contribution in [3.05, 3.63) is 79.7 Å². The number of benzene rings is 2. The van der Waals surface area contributed by atoms with E-state index >= 15 is 0 Å². The fourth-order valence-electron chi connectivity index (χ4n) is 3.09. The Bertz CT molecular complexity index is 1300. The van der Waals surface area contributed by atoms with Crippen LogP contribution in [0.5, 0.6) is 0 Å². The molecular weight excluding hydrogens is 427 g/mol. The van der Waals surface area contributed by atoms with E-state index in [9.17, 15) is 14.0 Å². The highest BCUT2D eigenvalue weighted by Gasteiger charge is 2.17. The molecule has 2 aromatic heterocycles. The smallest absolute Gasteiger partial charge is 0.272 e.